The first kappa shape index (κ1) is 46.3. The Balaban J connectivity index is 0.982. The Morgan fingerprint density at radius 1 is 0.617 bits per heavy atom. The summed E-state index contributed by atoms with van der Waals surface area (Å²) in [5, 5.41) is 9.24. The molecule has 0 radical (unpaired) electrons. The van der Waals surface area contributed by atoms with Crippen LogP contribution in [0.15, 0.2) is 60.7 Å². The van der Waals surface area contributed by atoms with E-state index >= 15 is 4.39 Å². The van der Waals surface area contributed by atoms with E-state index in [0.29, 0.717) is 103 Å². The van der Waals surface area contributed by atoms with E-state index in [1.165, 1.54) is 43.5 Å². The highest BCUT2D eigenvalue weighted by molar-refractivity contribution is 6.11. The van der Waals surface area contributed by atoms with E-state index in [2.05, 4.69) is 22.0 Å². The minimum atomic E-state index is -0.868. The second-order valence-corrected chi connectivity index (χ2v) is 13.7. The Morgan fingerprint density at radius 2 is 1.10 bits per heavy atom. The maximum absolute atomic E-state index is 15.6. The van der Waals surface area contributed by atoms with Crippen molar-refractivity contribution in [3.8, 4) is 11.5 Å². The molecular weight excluding hydrogens is 781 g/mol. The molecule has 1 saturated heterocycles. The molecule has 3 N–H and O–H groups in total. The van der Waals surface area contributed by atoms with Crippen LogP contribution >= 0.6 is 0 Å². The molecule has 1 heterocycles. The van der Waals surface area contributed by atoms with Crippen LogP contribution in [0.4, 0.5) is 4.39 Å². The van der Waals surface area contributed by atoms with Gasteiger partial charge < -0.3 is 58.6 Å². The number of allylic oxidation sites excluding steroid dienone is 1. The molecule has 0 unspecified atom stereocenters. The number of hydrogen-bond acceptors (Lipinski definition) is 13. The Kier molecular flexibility index (Phi) is 19.9. The van der Waals surface area contributed by atoms with E-state index in [9.17, 15) is 14.4 Å². The summed E-state index contributed by atoms with van der Waals surface area (Å²) in [5.74, 6) is -2.20. The van der Waals surface area contributed by atoms with Gasteiger partial charge in [0, 0.05) is 36.9 Å². The number of ketones is 1. The lowest BCUT2D eigenvalue weighted by atomic mass is 10.00. The summed E-state index contributed by atoms with van der Waals surface area (Å²) in [6.45, 7) is 6.59. The van der Waals surface area contributed by atoms with Crippen LogP contribution in [-0.2, 0) is 39.6 Å². The van der Waals surface area contributed by atoms with Crippen LogP contribution in [0, 0.1) is 5.82 Å². The van der Waals surface area contributed by atoms with Gasteiger partial charge in [-0.25, -0.2) is 4.39 Å². The zero-order valence-corrected chi connectivity index (χ0v) is 34.3. The Bertz CT molecular complexity index is 1840. The summed E-state index contributed by atoms with van der Waals surface area (Å²) in [7, 11) is 2.93. The van der Waals surface area contributed by atoms with Gasteiger partial charge in [-0.1, -0.05) is 30.4 Å². The van der Waals surface area contributed by atoms with Gasteiger partial charge in [0.25, 0.3) is 11.8 Å². The molecule has 2 aliphatic rings. The number of benzene rings is 3. The highest BCUT2D eigenvalue weighted by Gasteiger charge is 2.31. The second kappa shape index (κ2) is 25.8. The van der Waals surface area contributed by atoms with Gasteiger partial charge in [-0.15, -0.1) is 0 Å². The van der Waals surface area contributed by atoms with Crippen LogP contribution < -0.4 is 25.4 Å². The summed E-state index contributed by atoms with van der Waals surface area (Å²) in [4.78, 5) is 40.0. The van der Waals surface area contributed by atoms with Gasteiger partial charge in [0.15, 0.2) is 17.3 Å². The summed E-state index contributed by atoms with van der Waals surface area (Å²) in [6.07, 6.45) is 4.90. The Morgan fingerprint density at radius 3 is 1.65 bits per heavy atom. The SMILES string of the molecule is COCCOCCOCCOCCOCCOCCOCCOc1ccc(OC)c(F)c1C(=O)c1ccc(C(=O)N[C@@H]2CNC[C@H]2NC(=O)c2ccc3c(c2)CC=C3)cc1. The van der Waals surface area contributed by atoms with Crippen LogP contribution in [-0.4, -0.2) is 149 Å². The standard InChI is InChI=1S/C44H56FN3O12/c1-52-14-15-54-16-17-55-18-19-56-20-21-57-22-23-58-24-25-59-26-27-60-38-12-13-39(53-2)41(45)40(38)42(49)32-7-9-33(10-8-32)43(50)47-36-29-46-30-37(36)48-44(51)35-11-6-31-4-3-5-34(31)28-35/h3-4,6-13,28,36-37,46H,5,14-27,29-30H2,1-2H3,(H,47,50)(H,48,51)/t36-,37-/m1/s1. The smallest absolute Gasteiger partial charge is 0.251 e. The monoisotopic (exact) mass is 837 g/mol. The molecule has 60 heavy (non-hydrogen) atoms. The van der Waals surface area contributed by atoms with Crippen LogP contribution in [0.2, 0.25) is 0 Å². The third kappa shape index (κ3) is 14.4. The molecule has 3 aromatic carbocycles. The molecule has 16 heteroatoms. The second-order valence-electron chi connectivity index (χ2n) is 13.7. The van der Waals surface area contributed by atoms with E-state index in [1.54, 1.807) is 13.2 Å². The van der Waals surface area contributed by atoms with Crippen LogP contribution in [0.25, 0.3) is 6.08 Å². The number of fused-ring (bicyclic) bond motifs is 1. The van der Waals surface area contributed by atoms with E-state index in [4.69, 9.17) is 42.6 Å². The van der Waals surface area contributed by atoms with Gasteiger partial charge in [0.05, 0.1) is 105 Å². The fourth-order valence-corrected chi connectivity index (χ4v) is 6.39. The van der Waals surface area contributed by atoms with Gasteiger partial charge in [0.1, 0.15) is 17.9 Å². The summed E-state index contributed by atoms with van der Waals surface area (Å²) >= 11 is 0. The Labute approximate surface area is 350 Å². The minimum absolute atomic E-state index is 0.0234. The average Bonchev–Trinajstić information content (AvgIpc) is 3.93. The average molecular weight is 838 g/mol. The molecule has 1 aliphatic heterocycles. The molecule has 326 valence electrons. The molecule has 2 amide bonds. The predicted octanol–water partition coefficient (Wildman–Crippen LogP) is 3.26. The summed E-state index contributed by atoms with van der Waals surface area (Å²) in [6, 6.07) is 13.7. The van der Waals surface area contributed by atoms with Gasteiger partial charge in [-0.3, -0.25) is 14.4 Å². The maximum Gasteiger partial charge on any atom is 0.251 e. The molecule has 3 aromatic rings. The fraction of sp³-hybridized carbons (Fsp3) is 0.477. The summed E-state index contributed by atoms with van der Waals surface area (Å²) in [5.41, 5.74) is 2.92. The molecular formula is C44H56FN3O12. The fourth-order valence-electron chi connectivity index (χ4n) is 6.39. The van der Waals surface area contributed by atoms with Crippen molar-refractivity contribution in [3.05, 3.63) is 99.9 Å². The van der Waals surface area contributed by atoms with E-state index in [-0.39, 0.29) is 59.7 Å². The third-order valence-electron chi connectivity index (χ3n) is 9.59. The molecule has 1 aliphatic carbocycles. The molecule has 0 bridgehead atoms. The zero-order valence-electron chi connectivity index (χ0n) is 34.3. The van der Waals surface area contributed by atoms with Gasteiger partial charge >= 0.3 is 0 Å². The molecule has 1 fully saturated rings. The number of methoxy groups -OCH3 is 2. The number of carbonyl (C=O) groups excluding carboxylic acids is 3. The number of amides is 2. The number of rotatable bonds is 29. The van der Waals surface area contributed by atoms with Crippen molar-refractivity contribution in [1.82, 2.24) is 16.0 Å². The molecule has 0 aromatic heterocycles. The molecule has 2 atom stereocenters. The van der Waals surface area contributed by atoms with Crippen molar-refractivity contribution in [3.63, 3.8) is 0 Å². The normalized spacial score (nSPS) is 15.5. The van der Waals surface area contributed by atoms with Crippen molar-refractivity contribution in [2.75, 3.05) is 120 Å². The van der Waals surface area contributed by atoms with E-state index in [0.717, 1.165) is 17.5 Å². The number of carbonyl (C=O) groups is 3. The predicted molar refractivity (Wildman–Crippen MR) is 220 cm³/mol. The lowest BCUT2D eigenvalue weighted by molar-refractivity contribution is -0.0199. The van der Waals surface area contributed by atoms with Crippen molar-refractivity contribution >= 4 is 23.7 Å². The lowest BCUT2D eigenvalue weighted by Gasteiger charge is -2.21. The molecule has 0 saturated carbocycles. The summed E-state index contributed by atoms with van der Waals surface area (Å²) < 4.78 is 64.1. The Hall–Kier alpha value is -4.78. The van der Waals surface area contributed by atoms with Gasteiger partial charge in [0.2, 0.25) is 0 Å². The quantitative estimate of drug-likeness (QED) is 0.0689. The largest absolute Gasteiger partial charge is 0.494 e. The minimum Gasteiger partial charge on any atom is -0.494 e. The number of nitrogens with one attached hydrogen (secondary N) is 3. The molecule has 5 rings (SSSR count). The highest BCUT2D eigenvalue weighted by Crippen LogP contribution is 2.31. The van der Waals surface area contributed by atoms with Crippen LogP contribution in [0.1, 0.15) is 47.8 Å². The van der Waals surface area contributed by atoms with Gasteiger partial charge in [-0.2, -0.15) is 0 Å². The highest BCUT2D eigenvalue weighted by atomic mass is 19.1. The molecule has 0 spiro atoms. The van der Waals surface area contributed by atoms with Crippen molar-refractivity contribution in [2.45, 2.75) is 18.5 Å². The number of hydrogen-bond donors (Lipinski definition) is 3. The van der Waals surface area contributed by atoms with Crippen molar-refractivity contribution in [2.24, 2.45) is 0 Å². The number of ether oxygens (including phenoxy) is 9. The van der Waals surface area contributed by atoms with E-state index in [1.807, 2.05) is 18.2 Å². The van der Waals surface area contributed by atoms with Crippen molar-refractivity contribution < 1.29 is 61.4 Å². The maximum atomic E-state index is 15.6. The van der Waals surface area contributed by atoms with Crippen LogP contribution in [0.3, 0.4) is 0 Å². The lowest BCUT2D eigenvalue weighted by Crippen LogP contribution is -2.51. The molecule has 15 nitrogen and oxygen atoms in total. The topological polar surface area (TPSA) is 170 Å². The van der Waals surface area contributed by atoms with Gasteiger partial charge in [-0.05, 0) is 53.9 Å². The van der Waals surface area contributed by atoms with E-state index < -0.39 is 11.6 Å². The first-order valence-corrected chi connectivity index (χ1v) is 20.1. The zero-order chi connectivity index (χ0) is 42.4. The van der Waals surface area contributed by atoms with Crippen molar-refractivity contribution in [1.29, 1.82) is 0 Å². The number of halogens is 1. The third-order valence-corrected chi connectivity index (χ3v) is 9.59. The first-order valence-electron chi connectivity index (χ1n) is 20.1. The van der Waals surface area contributed by atoms with Crippen LogP contribution in [0.5, 0.6) is 11.5 Å². The first-order chi connectivity index (χ1) is 29.4.